The average Bonchev–Trinajstić information content (AvgIpc) is 2.70. The number of hydrogen-bond donors (Lipinski definition) is 1. The van der Waals surface area contributed by atoms with Crippen molar-refractivity contribution < 1.29 is 22.4 Å². The summed E-state index contributed by atoms with van der Waals surface area (Å²) in [6.07, 6.45) is 1.01. The van der Waals surface area contributed by atoms with Crippen molar-refractivity contribution in [2.45, 2.75) is 46.3 Å². The van der Waals surface area contributed by atoms with Crippen LogP contribution in [-0.2, 0) is 26.2 Å². The molecule has 9 heteroatoms. The van der Waals surface area contributed by atoms with Gasteiger partial charge >= 0.3 is 0 Å². The SMILES string of the molecule is Cc1ccc(N(CC(=O)N(Cc2ccccc2F)C(C)C(=O)NC(C)C)S(C)(=O)=O)cc1. The summed E-state index contributed by atoms with van der Waals surface area (Å²) in [5.74, 6) is -1.54. The maximum Gasteiger partial charge on any atom is 0.244 e. The number of rotatable bonds is 9. The monoisotopic (exact) mass is 463 g/mol. The van der Waals surface area contributed by atoms with Crippen molar-refractivity contribution in [1.82, 2.24) is 10.2 Å². The van der Waals surface area contributed by atoms with Gasteiger partial charge in [0.2, 0.25) is 21.8 Å². The van der Waals surface area contributed by atoms with E-state index in [1.54, 1.807) is 44.2 Å². The van der Waals surface area contributed by atoms with Gasteiger partial charge in [-0.25, -0.2) is 12.8 Å². The van der Waals surface area contributed by atoms with E-state index in [-0.39, 0.29) is 18.2 Å². The van der Waals surface area contributed by atoms with Gasteiger partial charge in [0.25, 0.3) is 0 Å². The molecular formula is C23H30FN3O4S. The van der Waals surface area contributed by atoms with Gasteiger partial charge in [0, 0.05) is 18.2 Å². The van der Waals surface area contributed by atoms with Gasteiger partial charge in [0.15, 0.2) is 0 Å². The molecule has 0 aromatic heterocycles. The van der Waals surface area contributed by atoms with Gasteiger partial charge in [0.05, 0.1) is 11.9 Å². The molecule has 32 heavy (non-hydrogen) atoms. The lowest BCUT2D eigenvalue weighted by Crippen LogP contribution is -2.52. The number of aryl methyl sites for hydroxylation is 1. The summed E-state index contributed by atoms with van der Waals surface area (Å²) in [6.45, 7) is 6.28. The minimum atomic E-state index is -3.79. The number of anilines is 1. The molecule has 0 aliphatic heterocycles. The predicted octanol–water partition coefficient (Wildman–Crippen LogP) is 2.84. The Bertz CT molecular complexity index is 1060. The van der Waals surface area contributed by atoms with Crippen LogP contribution in [-0.4, -0.2) is 50.0 Å². The maximum absolute atomic E-state index is 14.3. The molecule has 0 bridgehead atoms. The number of carbonyl (C=O) groups excluding carboxylic acids is 2. The molecule has 0 heterocycles. The Morgan fingerprint density at radius 3 is 2.16 bits per heavy atom. The second kappa shape index (κ2) is 10.6. The Balaban J connectivity index is 2.39. The lowest BCUT2D eigenvalue weighted by atomic mass is 10.1. The molecule has 1 N–H and O–H groups in total. The number of hydrogen-bond acceptors (Lipinski definition) is 4. The highest BCUT2D eigenvalue weighted by Gasteiger charge is 2.30. The minimum absolute atomic E-state index is 0.157. The van der Waals surface area contributed by atoms with Crippen molar-refractivity contribution in [1.29, 1.82) is 0 Å². The average molecular weight is 464 g/mol. The highest BCUT2D eigenvalue weighted by Crippen LogP contribution is 2.20. The van der Waals surface area contributed by atoms with Gasteiger partial charge in [-0.1, -0.05) is 35.9 Å². The summed E-state index contributed by atoms with van der Waals surface area (Å²) < 4.78 is 40.2. The van der Waals surface area contributed by atoms with Gasteiger partial charge in [-0.3, -0.25) is 13.9 Å². The van der Waals surface area contributed by atoms with Crippen LogP contribution in [0.4, 0.5) is 10.1 Å². The highest BCUT2D eigenvalue weighted by molar-refractivity contribution is 7.92. The van der Waals surface area contributed by atoms with Crippen molar-refractivity contribution in [2.24, 2.45) is 0 Å². The van der Waals surface area contributed by atoms with Crippen LogP contribution in [0.15, 0.2) is 48.5 Å². The number of sulfonamides is 1. The number of amides is 2. The number of nitrogens with one attached hydrogen (secondary N) is 1. The summed E-state index contributed by atoms with van der Waals surface area (Å²) in [6, 6.07) is 11.6. The van der Waals surface area contributed by atoms with Gasteiger partial charge in [-0.15, -0.1) is 0 Å². The van der Waals surface area contributed by atoms with Crippen LogP contribution in [0.3, 0.4) is 0 Å². The lowest BCUT2D eigenvalue weighted by Gasteiger charge is -2.32. The Labute approximate surface area is 189 Å². The summed E-state index contributed by atoms with van der Waals surface area (Å²) >= 11 is 0. The van der Waals surface area contributed by atoms with E-state index in [2.05, 4.69) is 5.32 Å². The molecule has 0 saturated heterocycles. The molecule has 1 atom stereocenters. The van der Waals surface area contributed by atoms with Crippen LogP contribution in [0.1, 0.15) is 31.9 Å². The minimum Gasteiger partial charge on any atom is -0.352 e. The second-order valence-electron chi connectivity index (χ2n) is 8.06. The number of nitrogens with zero attached hydrogens (tertiary/aromatic N) is 2. The third-order valence-electron chi connectivity index (χ3n) is 4.90. The zero-order valence-electron chi connectivity index (χ0n) is 19.0. The summed E-state index contributed by atoms with van der Waals surface area (Å²) in [4.78, 5) is 27.1. The molecule has 0 aliphatic carbocycles. The second-order valence-corrected chi connectivity index (χ2v) is 9.96. The summed E-state index contributed by atoms with van der Waals surface area (Å²) in [5.41, 5.74) is 1.50. The van der Waals surface area contributed by atoms with E-state index in [1.165, 1.54) is 30.0 Å². The fraction of sp³-hybridized carbons (Fsp3) is 0.391. The van der Waals surface area contributed by atoms with Gasteiger partial charge in [-0.05, 0) is 45.9 Å². The molecular weight excluding hydrogens is 433 g/mol. The molecule has 174 valence electrons. The van der Waals surface area contributed by atoms with E-state index >= 15 is 0 Å². The standard InChI is InChI=1S/C23H30FN3O4S/c1-16(2)25-23(29)18(4)26(14-19-8-6-7-9-21(19)24)22(28)15-27(32(5,30)31)20-12-10-17(3)11-13-20/h6-13,16,18H,14-15H2,1-5H3,(H,25,29). The van der Waals surface area contributed by atoms with Crippen LogP contribution < -0.4 is 9.62 Å². The number of carbonyl (C=O) groups is 2. The molecule has 1 unspecified atom stereocenters. The van der Waals surface area contributed by atoms with E-state index in [0.717, 1.165) is 16.1 Å². The molecule has 0 fully saturated rings. The molecule has 0 saturated carbocycles. The lowest BCUT2D eigenvalue weighted by molar-refractivity contribution is -0.139. The van der Waals surface area contributed by atoms with E-state index in [1.807, 2.05) is 6.92 Å². The van der Waals surface area contributed by atoms with Crippen molar-refractivity contribution in [3.05, 3.63) is 65.5 Å². The summed E-state index contributed by atoms with van der Waals surface area (Å²) in [7, 11) is -3.79. The fourth-order valence-corrected chi connectivity index (χ4v) is 3.97. The molecule has 0 radical (unpaired) electrons. The molecule has 2 aromatic rings. The number of halogens is 1. The van der Waals surface area contributed by atoms with Crippen LogP contribution >= 0.6 is 0 Å². The molecule has 7 nitrogen and oxygen atoms in total. The Morgan fingerprint density at radius 2 is 1.62 bits per heavy atom. The summed E-state index contributed by atoms with van der Waals surface area (Å²) in [5, 5.41) is 2.74. The highest BCUT2D eigenvalue weighted by atomic mass is 32.2. The quantitative estimate of drug-likeness (QED) is 0.620. The molecule has 0 aliphatic rings. The third kappa shape index (κ3) is 6.78. The molecule has 2 rings (SSSR count). The van der Waals surface area contributed by atoms with E-state index in [9.17, 15) is 22.4 Å². The maximum atomic E-state index is 14.3. The van der Waals surface area contributed by atoms with E-state index in [4.69, 9.17) is 0 Å². The van der Waals surface area contributed by atoms with E-state index in [0.29, 0.717) is 5.69 Å². The van der Waals surface area contributed by atoms with Gasteiger partial charge < -0.3 is 10.2 Å². The smallest absolute Gasteiger partial charge is 0.244 e. The van der Waals surface area contributed by atoms with E-state index < -0.39 is 40.2 Å². The van der Waals surface area contributed by atoms with Crippen molar-refractivity contribution in [3.8, 4) is 0 Å². The van der Waals surface area contributed by atoms with Crippen molar-refractivity contribution >= 4 is 27.5 Å². The Kier molecular flexibility index (Phi) is 8.38. The van der Waals surface area contributed by atoms with Crippen molar-refractivity contribution in [3.63, 3.8) is 0 Å². The zero-order valence-corrected chi connectivity index (χ0v) is 19.8. The molecule has 0 spiro atoms. The normalized spacial score (nSPS) is 12.3. The van der Waals surface area contributed by atoms with Gasteiger partial charge in [0.1, 0.15) is 18.4 Å². The Hall–Kier alpha value is -2.94. The first kappa shape index (κ1) is 25.3. The number of benzene rings is 2. The zero-order chi connectivity index (χ0) is 24.1. The topological polar surface area (TPSA) is 86.8 Å². The first-order chi connectivity index (χ1) is 14.9. The fourth-order valence-electron chi connectivity index (χ4n) is 3.12. The molecule has 2 amide bonds. The predicted molar refractivity (Wildman–Crippen MR) is 123 cm³/mol. The van der Waals surface area contributed by atoms with Crippen LogP contribution in [0.5, 0.6) is 0 Å². The van der Waals surface area contributed by atoms with Crippen molar-refractivity contribution in [2.75, 3.05) is 17.1 Å². The first-order valence-corrected chi connectivity index (χ1v) is 12.1. The Morgan fingerprint density at radius 1 is 1.03 bits per heavy atom. The van der Waals surface area contributed by atoms with Crippen LogP contribution in [0.25, 0.3) is 0 Å². The first-order valence-electron chi connectivity index (χ1n) is 10.3. The molecule has 2 aromatic carbocycles. The van der Waals surface area contributed by atoms with Gasteiger partial charge in [-0.2, -0.15) is 0 Å². The van der Waals surface area contributed by atoms with Crippen LogP contribution in [0, 0.1) is 12.7 Å². The largest absolute Gasteiger partial charge is 0.352 e. The van der Waals surface area contributed by atoms with Crippen LogP contribution in [0.2, 0.25) is 0 Å². The third-order valence-corrected chi connectivity index (χ3v) is 6.04.